The Kier molecular flexibility index (Phi) is 7.84. The minimum absolute atomic E-state index is 0.0373. The molecule has 0 bridgehead atoms. The van der Waals surface area contributed by atoms with Crippen molar-refractivity contribution in [2.24, 2.45) is 17.1 Å². The fourth-order valence-corrected chi connectivity index (χ4v) is 4.16. The van der Waals surface area contributed by atoms with Gasteiger partial charge in [-0.1, -0.05) is 50.1 Å². The summed E-state index contributed by atoms with van der Waals surface area (Å²) in [4.78, 5) is 61.9. The van der Waals surface area contributed by atoms with Crippen LogP contribution >= 0.6 is 0 Å². The van der Waals surface area contributed by atoms with Gasteiger partial charge in [0.1, 0.15) is 6.04 Å². The predicted octanol–water partition coefficient (Wildman–Crippen LogP) is 0.360. The van der Waals surface area contributed by atoms with E-state index in [0.29, 0.717) is 31.7 Å². The summed E-state index contributed by atoms with van der Waals surface area (Å²) >= 11 is 0. The van der Waals surface area contributed by atoms with Gasteiger partial charge in [0.25, 0.3) is 5.91 Å². The Morgan fingerprint density at radius 3 is 2.39 bits per heavy atom. The molecule has 0 spiro atoms. The minimum Gasteiger partial charge on any atom is -0.363 e. The van der Waals surface area contributed by atoms with Gasteiger partial charge in [-0.25, -0.2) is 0 Å². The Balaban J connectivity index is 1.65. The molecular formula is C24H32N4O5. The summed E-state index contributed by atoms with van der Waals surface area (Å²) in [7, 11) is 0. The highest BCUT2D eigenvalue weighted by Crippen LogP contribution is 2.34. The van der Waals surface area contributed by atoms with Crippen molar-refractivity contribution in [3.63, 3.8) is 0 Å². The topological polar surface area (TPSA) is 147 Å². The quantitative estimate of drug-likeness (QED) is 0.335. The van der Waals surface area contributed by atoms with Crippen LogP contribution in [0.3, 0.4) is 0 Å². The molecule has 3 rings (SSSR count). The Morgan fingerprint density at radius 1 is 1.12 bits per heavy atom. The third kappa shape index (κ3) is 6.87. The van der Waals surface area contributed by atoms with Crippen LogP contribution in [-0.2, 0) is 30.4 Å². The lowest BCUT2D eigenvalue weighted by Gasteiger charge is -2.28. The van der Waals surface area contributed by atoms with Crippen molar-refractivity contribution in [3.8, 4) is 0 Å². The molecule has 0 radical (unpaired) electrons. The van der Waals surface area contributed by atoms with Gasteiger partial charge in [-0.2, -0.15) is 0 Å². The number of benzene rings is 1. The lowest BCUT2D eigenvalue weighted by atomic mass is 9.81. The van der Waals surface area contributed by atoms with Gasteiger partial charge in [-0.3, -0.25) is 24.0 Å². The van der Waals surface area contributed by atoms with Gasteiger partial charge in [0.2, 0.25) is 23.5 Å². The summed E-state index contributed by atoms with van der Waals surface area (Å²) in [5, 5.41) is 8.10. The average molecular weight is 457 g/mol. The largest absolute Gasteiger partial charge is 0.363 e. The van der Waals surface area contributed by atoms with Crippen molar-refractivity contribution in [2.45, 2.75) is 64.0 Å². The fourth-order valence-electron chi connectivity index (χ4n) is 4.16. The maximum Gasteiger partial charge on any atom is 0.287 e. The second-order valence-electron chi connectivity index (χ2n) is 9.35. The highest BCUT2D eigenvalue weighted by atomic mass is 16.2. The Labute approximate surface area is 193 Å². The van der Waals surface area contributed by atoms with Crippen LogP contribution in [0.4, 0.5) is 0 Å². The van der Waals surface area contributed by atoms with Crippen LogP contribution < -0.4 is 21.7 Å². The molecule has 5 N–H and O–H groups in total. The van der Waals surface area contributed by atoms with Crippen LogP contribution in [0, 0.1) is 11.3 Å². The lowest BCUT2D eigenvalue weighted by Crippen LogP contribution is -2.55. The van der Waals surface area contributed by atoms with Crippen LogP contribution in [0.25, 0.3) is 0 Å². The van der Waals surface area contributed by atoms with Crippen molar-refractivity contribution in [3.05, 3.63) is 35.9 Å². The lowest BCUT2D eigenvalue weighted by molar-refractivity contribution is -0.140. The van der Waals surface area contributed by atoms with Crippen LogP contribution in [0.5, 0.6) is 0 Å². The summed E-state index contributed by atoms with van der Waals surface area (Å²) in [6.45, 7) is 2.15. The number of ketones is 1. The number of carbonyl (C=O) groups is 5. The molecule has 4 amide bonds. The highest BCUT2D eigenvalue weighted by molar-refractivity contribution is 6.38. The molecule has 1 aliphatic heterocycles. The zero-order valence-electron chi connectivity index (χ0n) is 18.9. The second-order valence-corrected chi connectivity index (χ2v) is 9.35. The predicted molar refractivity (Wildman–Crippen MR) is 121 cm³/mol. The minimum atomic E-state index is -1.23. The number of primary amides is 1. The van der Waals surface area contributed by atoms with Crippen molar-refractivity contribution in [1.82, 2.24) is 16.0 Å². The van der Waals surface area contributed by atoms with E-state index in [1.165, 1.54) is 0 Å². The van der Waals surface area contributed by atoms with E-state index in [2.05, 4.69) is 16.0 Å². The number of nitrogens with one attached hydrogen (secondary N) is 3. The first kappa shape index (κ1) is 24.4. The fraction of sp³-hybridized carbons (Fsp3) is 0.542. The summed E-state index contributed by atoms with van der Waals surface area (Å²) in [5.74, 6) is -2.84. The van der Waals surface area contributed by atoms with Gasteiger partial charge in [0.15, 0.2) is 0 Å². The Hall–Kier alpha value is -3.23. The summed E-state index contributed by atoms with van der Waals surface area (Å²) in [5.41, 5.74) is 5.32. The number of Topliss-reactive ketones (excluding diaryl/α,β-unsaturated/α-hetero) is 1. The molecule has 0 aromatic heterocycles. The maximum absolute atomic E-state index is 13.1. The number of aryl methyl sites for hydroxylation is 1. The SMILES string of the molecule is C[C@]1(CC(NC(=O)[C@H](CC2CC2)NC(=O)CCc2ccccc2)C(=O)C(N)=O)CCNC1=O. The van der Waals surface area contributed by atoms with Crippen LogP contribution in [0.2, 0.25) is 0 Å². The number of hydrogen-bond acceptors (Lipinski definition) is 5. The van der Waals surface area contributed by atoms with Crippen LogP contribution in [0.15, 0.2) is 30.3 Å². The first-order valence-corrected chi connectivity index (χ1v) is 11.4. The van der Waals surface area contributed by atoms with E-state index in [9.17, 15) is 24.0 Å². The third-order valence-corrected chi connectivity index (χ3v) is 6.44. The zero-order chi connectivity index (χ0) is 24.0. The second kappa shape index (κ2) is 10.6. The molecule has 3 atom stereocenters. The molecule has 1 aromatic carbocycles. The monoisotopic (exact) mass is 456 g/mol. The Bertz CT molecular complexity index is 915. The van der Waals surface area contributed by atoms with Gasteiger partial charge in [0.05, 0.1) is 11.5 Å². The van der Waals surface area contributed by atoms with E-state index in [-0.39, 0.29) is 24.7 Å². The van der Waals surface area contributed by atoms with Gasteiger partial charge in [-0.15, -0.1) is 0 Å². The Morgan fingerprint density at radius 2 is 1.82 bits per heavy atom. The van der Waals surface area contributed by atoms with Gasteiger partial charge in [-0.05, 0) is 37.2 Å². The van der Waals surface area contributed by atoms with Gasteiger partial charge >= 0.3 is 0 Å². The van der Waals surface area contributed by atoms with Crippen molar-refractivity contribution >= 4 is 29.4 Å². The van der Waals surface area contributed by atoms with Gasteiger partial charge in [0, 0.05) is 13.0 Å². The van der Waals surface area contributed by atoms with E-state index < -0.39 is 35.1 Å². The molecule has 1 unspecified atom stereocenters. The van der Waals surface area contributed by atoms with Crippen molar-refractivity contribution in [2.75, 3.05) is 6.54 Å². The summed E-state index contributed by atoms with van der Waals surface area (Å²) in [6, 6.07) is 7.51. The molecule has 9 nitrogen and oxygen atoms in total. The average Bonchev–Trinajstić information content (AvgIpc) is 3.54. The highest BCUT2D eigenvalue weighted by Gasteiger charge is 2.43. The van der Waals surface area contributed by atoms with E-state index in [4.69, 9.17) is 5.73 Å². The number of amides is 4. The van der Waals surface area contributed by atoms with E-state index >= 15 is 0 Å². The normalized spacial score (nSPS) is 21.5. The van der Waals surface area contributed by atoms with Crippen LogP contribution in [-0.4, -0.2) is 48.0 Å². The molecule has 33 heavy (non-hydrogen) atoms. The molecule has 9 heteroatoms. The first-order chi connectivity index (χ1) is 15.7. The van der Waals surface area contributed by atoms with E-state index in [1.807, 2.05) is 30.3 Å². The number of carbonyl (C=O) groups excluding carboxylic acids is 5. The molecule has 178 valence electrons. The molecule has 1 saturated carbocycles. The molecular weight excluding hydrogens is 424 g/mol. The number of rotatable bonds is 12. The smallest absolute Gasteiger partial charge is 0.287 e. The molecule has 1 aromatic rings. The summed E-state index contributed by atoms with van der Waals surface area (Å²) in [6.07, 6.45) is 3.62. The molecule has 2 fully saturated rings. The molecule has 1 heterocycles. The molecule has 1 aliphatic carbocycles. The number of hydrogen-bond donors (Lipinski definition) is 4. The van der Waals surface area contributed by atoms with Gasteiger partial charge < -0.3 is 21.7 Å². The van der Waals surface area contributed by atoms with E-state index in [0.717, 1.165) is 18.4 Å². The standard InChI is InChI=1S/C24H32N4O5/c1-24(11-12-26-23(24)33)14-18(20(30)21(25)31)28-22(32)17(13-16-7-8-16)27-19(29)10-9-15-5-3-2-4-6-15/h2-6,16-18H,7-14H2,1H3,(H2,25,31)(H,26,33)(H,27,29)(H,28,32)/t17-,18?,24+/m0/s1. The number of nitrogens with two attached hydrogens (primary N) is 1. The van der Waals surface area contributed by atoms with E-state index in [1.54, 1.807) is 6.92 Å². The maximum atomic E-state index is 13.1. The summed E-state index contributed by atoms with van der Waals surface area (Å²) < 4.78 is 0. The third-order valence-electron chi connectivity index (χ3n) is 6.44. The van der Waals surface area contributed by atoms with Crippen molar-refractivity contribution < 1.29 is 24.0 Å². The molecule has 2 aliphatic rings. The zero-order valence-corrected chi connectivity index (χ0v) is 18.9. The van der Waals surface area contributed by atoms with Crippen LogP contribution in [0.1, 0.15) is 51.0 Å². The van der Waals surface area contributed by atoms with Crippen molar-refractivity contribution in [1.29, 1.82) is 0 Å². The molecule has 1 saturated heterocycles. The first-order valence-electron chi connectivity index (χ1n) is 11.4.